The van der Waals surface area contributed by atoms with Gasteiger partial charge in [-0.2, -0.15) is 0 Å². The van der Waals surface area contributed by atoms with Gasteiger partial charge < -0.3 is 47.4 Å². The van der Waals surface area contributed by atoms with Crippen molar-refractivity contribution in [1.29, 1.82) is 0 Å². The summed E-state index contributed by atoms with van der Waals surface area (Å²) in [5, 5.41) is 49.7. The van der Waals surface area contributed by atoms with E-state index in [1.54, 1.807) is 128 Å². The van der Waals surface area contributed by atoms with Crippen LogP contribution < -0.4 is 21.7 Å². The number of nitro groups is 3. The fourth-order valence-electron chi connectivity index (χ4n) is 7.99. The number of nitro benzene ring substituents is 3. The monoisotopic (exact) mass is 1310 g/mol. The normalized spacial score (nSPS) is 10.5. The molecule has 9 rings (SSSR count). The molecule has 2 atom stereocenters. The average molecular weight is 1310 g/mol. The van der Waals surface area contributed by atoms with Crippen molar-refractivity contribution in [3.05, 3.63) is 311 Å². The van der Waals surface area contributed by atoms with Crippen molar-refractivity contribution in [3.8, 4) is 0 Å². The standard InChI is InChI=1S/2C21H19N5O4.C15H13N3O4.C6H6N2O.Cu.H2O/c2*27-20(24-14-15-7-3-5-11-22-15)13-18(16-8-1-2-10-19(16)26(29)30)25-21(28)17-9-4-6-12-23-17;19-14(12-6-1-2-7-13(12)18(21)22)9-15(20)17-10-11-5-3-4-8-16-11;7-6(9)5-3-1-2-4-8-5;;/h1-12,18H,13-14H2,(H,24,27)(H,25,28);1-12,18H,13-14H2,(H2,24,25,27,28);1-8H,9-10H2,(H,17,20);1-4H,(H2,7,9);;1H2/q;;;;+2;/p-2. The van der Waals surface area contributed by atoms with Gasteiger partial charge in [0.05, 0.1) is 80.9 Å². The molecule has 0 aliphatic carbocycles. The van der Waals surface area contributed by atoms with E-state index in [-0.39, 0.29) is 106 Å². The third kappa shape index (κ3) is 24.7. The third-order valence-corrected chi connectivity index (χ3v) is 12.3. The van der Waals surface area contributed by atoms with Crippen molar-refractivity contribution in [2.24, 2.45) is 5.73 Å². The molecule has 7 N–H and O–H groups in total. The van der Waals surface area contributed by atoms with E-state index in [4.69, 9.17) is 5.73 Å². The Morgan fingerprint density at radius 2 is 0.892 bits per heavy atom. The quantitative estimate of drug-likeness (QED) is 0.0155. The van der Waals surface area contributed by atoms with Crippen LogP contribution in [0.1, 0.15) is 101 Å². The Morgan fingerprint density at radius 1 is 0.473 bits per heavy atom. The number of nitrogens with one attached hydrogen (secondary N) is 3. The van der Waals surface area contributed by atoms with Gasteiger partial charge in [0.2, 0.25) is 11.8 Å². The van der Waals surface area contributed by atoms with Crippen molar-refractivity contribution in [1.82, 2.24) is 45.9 Å². The minimum Gasteiger partial charge on any atom is -0.649 e. The summed E-state index contributed by atoms with van der Waals surface area (Å²) in [6.07, 6.45) is 8.31. The summed E-state index contributed by atoms with van der Waals surface area (Å²) < 4.78 is 0. The number of aromatic nitrogens is 6. The van der Waals surface area contributed by atoms with Gasteiger partial charge in [-0.1, -0.05) is 97.5 Å². The zero-order valence-electron chi connectivity index (χ0n) is 48.8. The first-order chi connectivity index (χ1) is 44.0. The Hall–Kier alpha value is -12.3. The molecular weight excluding hydrogens is 1250 g/mol. The molecule has 0 bridgehead atoms. The average Bonchev–Trinajstić information content (AvgIpc) is 0.918. The van der Waals surface area contributed by atoms with E-state index in [1.807, 2.05) is 0 Å². The van der Waals surface area contributed by atoms with E-state index >= 15 is 0 Å². The Balaban J connectivity index is 0.000000278. The zero-order valence-corrected chi connectivity index (χ0v) is 49.7. The first-order valence-electron chi connectivity index (χ1n) is 27.2. The Kier molecular flexibility index (Phi) is 30.6. The summed E-state index contributed by atoms with van der Waals surface area (Å²) in [6, 6.07) is 45.9. The number of carbonyl (C=O) groups excluding carboxylic acids is 7. The van der Waals surface area contributed by atoms with E-state index in [2.05, 4.69) is 56.5 Å². The van der Waals surface area contributed by atoms with Crippen LogP contribution in [-0.4, -0.2) is 91.4 Å². The number of nitrogens with zero attached hydrogens (tertiary/aromatic N) is 11. The number of hydrogen-bond donors (Lipinski definition) is 4. The van der Waals surface area contributed by atoms with Crippen LogP contribution in [0.4, 0.5) is 17.1 Å². The van der Waals surface area contributed by atoms with Gasteiger partial charge in [0.25, 0.3) is 28.9 Å². The summed E-state index contributed by atoms with van der Waals surface area (Å²) in [5.74, 6) is -3.71. The van der Waals surface area contributed by atoms with Gasteiger partial charge in [-0.3, -0.25) is 84.2 Å². The number of primary amides is 1. The number of hydrogen-bond acceptors (Lipinski definition) is 19. The molecule has 93 heavy (non-hydrogen) atoms. The summed E-state index contributed by atoms with van der Waals surface area (Å²) >= 11 is 0. The molecular formula is C63H57CuN15O14. The maximum Gasteiger partial charge on any atom is 2.00 e. The molecule has 0 aliphatic rings. The van der Waals surface area contributed by atoms with Crippen LogP contribution >= 0.6 is 0 Å². The van der Waals surface area contributed by atoms with Crippen LogP contribution in [0.5, 0.6) is 0 Å². The minimum absolute atomic E-state index is 0. The number of ketones is 1. The number of pyridine rings is 6. The number of nitrogens with two attached hydrogens (primary N) is 1. The summed E-state index contributed by atoms with van der Waals surface area (Å²) in [5.41, 5.74) is 7.01. The second-order valence-corrected chi connectivity index (χ2v) is 18.6. The maximum absolute atomic E-state index is 12.6. The molecule has 6 heterocycles. The molecule has 0 fully saturated rings. The van der Waals surface area contributed by atoms with E-state index in [0.717, 1.165) is 0 Å². The van der Waals surface area contributed by atoms with Gasteiger partial charge in [0.15, 0.2) is 5.78 Å². The Bertz CT molecular complexity index is 3760. The van der Waals surface area contributed by atoms with Gasteiger partial charge in [-0.15, -0.1) is 0 Å². The molecule has 0 spiro atoms. The Labute approximate surface area is 540 Å². The molecule has 3 aromatic carbocycles. The molecule has 0 saturated heterocycles. The molecule has 30 heteroatoms. The van der Waals surface area contributed by atoms with Crippen molar-refractivity contribution >= 4 is 58.3 Å². The largest absolute Gasteiger partial charge is 2.00 e. The van der Waals surface area contributed by atoms with E-state index in [0.29, 0.717) is 22.8 Å². The fraction of sp³-hybridized carbons (Fsp3) is 0.127. The predicted molar refractivity (Wildman–Crippen MR) is 331 cm³/mol. The van der Waals surface area contributed by atoms with Gasteiger partial charge in [-0.25, -0.2) is 0 Å². The minimum atomic E-state index is -1.07. The van der Waals surface area contributed by atoms with Crippen LogP contribution in [0.3, 0.4) is 0 Å². The summed E-state index contributed by atoms with van der Waals surface area (Å²) in [7, 11) is 0. The first-order valence-corrected chi connectivity index (χ1v) is 27.2. The molecule has 9 aromatic rings. The number of amides is 6. The number of carbonyl (C=O) groups is 7. The molecule has 2 unspecified atom stereocenters. The summed E-state index contributed by atoms with van der Waals surface area (Å²) in [4.78, 5) is 140. The van der Waals surface area contributed by atoms with Crippen LogP contribution in [0.2, 0.25) is 0 Å². The molecule has 6 aromatic heterocycles. The third-order valence-electron chi connectivity index (χ3n) is 12.3. The van der Waals surface area contributed by atoms with Crippen molar-refractivity contribution < 1.29 is 70.9 Å². The molecule has 0 saturated carbocycles. The van der Waals surface area contributed by atoms with Gasteiger partial charge >= 0.3 is 17.1 Å². The van der Waals surface area contributed by atoms with E-state index < -0.39 is 68.6 Å². The zero-order chi connectivity index (χ0) is 65.3. The first kappa shape index (κ1) is 73.2. The van der Waals surface area contributed by atoms with Crippen LogP contribution in [0.15, 0.2) is 219 Å². The van der Waals surface area contributed by atoms with Crippen LogP contribution in [0, 0.1) is 30.3 Å². The smallest absolute Gasteiger partial charge is 0.649 e. The van der Waals surface area contributed by atoms with Crippen molar-refractivity contribution in [2.45, 2.75) is 51.0 Å². The molecule has 6 amide bonds. The fourth-order valence-corrected chi connectivity index (χ4v) is 7.99. The molecule has 0 aliphatic heterocycles. The maximum atomic E-state index is 12.6. The van der Waals surface area contributed by atoms with Crippen molar-refractivity contribution in [2.75, 3.05) is 0 Å². The van der Waals surface area contributed by atoms with Crippen LogP contribution in [0.25, 0.3) is 10.6 Å². The van der Waals surface area contributed by atoms with Crippen LogP contribution in [-0.2, 0) is 51.1 Å². The molecule has 479 valence electrons. The molecule has 1 radical (unpaired) electrons. The molecule has 29 nitrogen and oxygen atoms in total. The second kappa shape index (κ2) is 38.9. The van der Waals surface area contributed by atoms with E-state index in [9.17, 15) is 63.9 Å². The van der Waals surface area contributed by atoms with E-state index in [1.165, 1.54) is 91.4 Å². The Morgan fingerprint density at radius 3 is 1.37 bits per heavy atom. The van der Waals surface area contributed by atoms with Gasteiger partial charge in [0.1, 0.15) is 17.3 Å². The SMILES string of the molecule is NC(=O)c1ccccn1.O.O=C(CC(=O)c1ccccc1[N+](=O)[O-])NCc1ccccn1.O=C(CC(NC(=O)c1ccccn1)c1ccccc1[N+](=O)[O-])NCc1ccccn1.O=C(CC([N-]C(=O)c1ccccn1)c1ccccc1[N+](=O)[O-])[N-]Cc1ccccn1.[Cu+2]. The van der Waals surface area contributed by atoms with Gasteiger partial charge in [0, 0.05) is 66.6 Å². The number of rotatable bonds is 23. The number of benzene rings is 3. The summed E-state index contributed by atoms with van der Waals surface area (Å²) in [6.45, 7) is 0.471. The second-order valence-electron chi connectivity index (χ2n) is 18.6. The van der Waals surface area contributed by atoms with Crippen molar-refractivity contribution in [3.63, 3.8) is 0 Å². The predicted octanol–water partition coefficient (Wildman–Crippen LogP) is 7.93. The topological polar surface area (TPSA) is 448 Å². The number of Topliss-reactive ketones (excluding diaryl/α,β-unsaturated/α-hetero) is 1. The van der Waals surface area contributed by atoms with Gasteiger partial charge in [-0.05, 0) is 85.3 Å². The number of para-hydroxylation sites is 3.